The van der Waals surface area contributed by atoms with Crippen molar-refractivity contribution in [2.75, 3.05) is 6.54 Å². The maximum atomic E-state index is 13.3. The van der Waals surface area contributed by atoms with Crippen LogP contribution < -0.4 is 5.73 Å². The van der Waals surface area contributed by atoms with Crippen LogP contribution in [0.4, 0.5) is 4.39 Å². The number of rotatable bonds is 6. The Hall–Kier alpha value is -1.00. The van der Waals surface area contributed by atoms with E-state index in [1.165, 1.54) is 18.9 Å². The van der Waals surface area contributed by atoms with Crippen LogP contribution in [0.3, 0.4) is 0 Å². The first-order valence-electron chi connectivity index (χ1n) is 6.33. The van der Waals surface area contributed by atoms with E-state index in [1.54, 1.807) is 6.07 Å². The van der Waals surface area contributed by atoms with Gasteiger partial charge in [0.1, 0.15) is 5.82 Å². The highest BCUT2D eigenvalue weighted by molar-refractivity contribution is 7.80. The summed E-state index contributed by atoms with van der Waals surface area (Å²) in [5.41, 5.74) is 7.75. The zero-order chi connectivity index (χ0) is 13.1. The molecule has 1 fully saturated rings. The summed E-state index contributed by atoms with van der Waals surface area (Å²) in [5, 5.41) is 0. The number of halogens is 1. The Morgan fingerprint density at radius 1 is 1.50 bits per heavy atom. The molecule has 0 atom stereocenters. The third-order valence-corrected chi connectivity index (χ3v) is 3.60. The summed E-state index contributed by atoms with van der Waals surface area (Å²) in [6.45, 7) is 3.68. The average Bonchev–Trinajstić information content (AvgIpc) is 3.12. The molecule has 2 N–H and O–H groups in total. The molecule has 0 saturated heterocycles. The van der Waals surface area contributed by atoms with Gasteiger partial charge in [-0.15, -0.1) is 0 Å². The third-order valence-electron chi connectivity index (χ3n) is 3.39. The summed E-state index contributed by atoms with van der Waals surface area (Å²) >= 11 is 4.92. The highest BCUT2D eigenvalue weighted by atomic mass is 32.1. The SMILES string of the molecule is Cc1ccc(F)cc1CN(CCC(N)=S)C1CC1. The van der Waals surface area contributed by atoms with Crippen LogP contribution in [-0.2, 0) is 6.54 Å². The summed E-state index contributed by atoms with van der Waals surface area (Å²) in [7, 11) is 0. The fourth-order valence-corrected chi connectivity index (χ4v) is 2.20. The molecule has 98 valence electrons. The molecular formula is C14H19FN2S. The quantitative estimate of drug-likeness (QED) is 0.803. The molecule has 1 aliphatic carbocycles. The molecule has 1 aromatic carbocycles. The lowest BCUT2D eigenvalue weighted by molar-refractivity contribution is 0.262. The van der Waals surface area contributed by atoms with Gasteiger partial charge in [0.05, 0.1) is 4.99 Å². The molecule has 1 aromatic rings. The Bertz CT molecular complexity index is 443. The third kappa shape index (κ3) is 3.75. The van der Waals surface area contributed by atoms with Gasteiger partial charge in [0.15, 0.2) is 0 Å². The van der Waals surface area contributed by atoms with Crippen LogP contribution in [0.2, 0.25) is 0 Å². The molecule has 1 aliphatic rings. The topological polar surface area (TPSA) is 29.3 Å². The van der Waals surface area contributed by atoms with Crippen LogP contribution in [0.1, 0.15) is 30.4 Å². The van der Waals surface area contributed by atoms with Crippen molar-refractivity contribution in [2.24, 2.45) is 5.73 Å². The lowest BCUT2D eigenvalue weighted by Gasteiger charge is -2.22. The summed E-state index contributed by atoms with van der Waals surface area (Å²) < 4.78 is 13.3. The number of nitrogens with two attached hydrogens (primary N) is 1. The first-order chi connectivity index (χ1) is 8.56. The van der Waals surface area contributed by atoms with Crippen molar-refractivity contribution in [2.45, 2.75) is 38.8 Å². The van der Waals surface area contributed by atoms with E-state index in [0.717, 1.165) is 30.6 Å². The van der Waals surface area contributed by atoms with Gasteiger partial charge in [0, 0.05) is 25.6 Å². The van der Waals surface area contributed by atoms with Crippen LogP contribution in [0.15, 0.2) is 18.2 Å². The molecule has 0 bridgehead atoms. The Kier molecular flexibility index (Phi) is 4.30. The van der Waals surface area contributed by atoms with Crippen LogP contribution in [0, 0.1) is 12.7 Å². The van der Waals surface area contributed by atoms with Crippen molar-refractivity contribution in [3.8, 4) is 0 Å². The number of thiocarbonyl (C=S) groups is 1. The second kappa shape index (κ2) is 5.76. The molecule has 4 heteroatoms. The second-order valence-corrected chi connectivity index (χ2v) is 5.51. The minimum atomic E-state index is -0.166. The number of hydrogen-bond donors (Lipinski definition) is 1. The number of aryl methyl sites for hydroxylation is 1. The Morgan fingerprint density at radius 2 is 2.22 bits per heavy atom. The van der Waals surface area contributed by atoms with E-state index in [1.807, 2.05) is 13.0 Å². The summed E-state index contributed by atoms with van der Waals surface area (Å²) in [6, 6.07) is 5.60. The molecule has 0 spiro atoms. The minimum Gasteiger partial charge on any atom is -0.393 e. The average molecular weight is 266 g/mol. The molecule has 0 heterocycles. The molecule has 0 aromatic heterocycles. The first-order valence-corrected chi connectivity index (χ1v) is 6.74. The maximum Gasteiger partial charge on any atom is 0.123 e. The fourth-order valence-electron chi connectivity index (χ4n) is 2.11. The summed E-state index contributed by atoms with van der Waals surface area (Å²) in [5.74, 6) is -0.166. The van der Waals surface area contributed by atoms with E-state index in [4.69, 9.17) is 18.0 Å². The van der Waals surface area contributed by atoms with Crippen molar-refractivity contribution in [1.82, 2.24) is 4.90 Å². The highest BCUT2D eigenvalue weighted by Gasteiger charge is 2.28. The van der Waals surface area contributed by atoms with E-state index in [0.29, 0.717) is 11.0 Å². The molecule has 0 aliphatic heterocycles. The predicted molar refractivity (Wildman–Crippen MR) is 76.0 cm³/mol. The lowest BCUT2D eigenvalue weighted by atomic mass is 10.1. The van der Waals surface area contributed by atoms with Gasteiger partial charge in [-0.3, -0.25) is 4.90 Å². The standard InChI is InChI=1S/C14H19FN2S/c1-10-2-3-12(15)8-11(10)9-17(13-4-5-13)7-6-14(16)18/h2-3,8,13H,4-7,9H2,1H3,(H2,16,18). The lowest BCUT2D eigenvalue weighted by Crippen LogP contribution is -2.29. The van der Waals surface area contributed by atoms with Crippen molar-refractivity contribution >= 4 is 17.2 Å². The predicted octanol–water partition coefficient (Wildman–Crippen LogP) is 2.77. The van der Waals surface area contributed by atoms with Gasteiger partial charge < -0.3 is 5.73 Å². The van der Waals surface area contributed by atoms with Gasteiger partial charge in [0.2, 0.25) is 0 Å². The van der Waals surface area contributed by atoms with E-state index >= 15 is 0 Å². The highest BCUT2D eigenvalue weighted by Crippen LogP contribution is 2.29. The Balaban J connectivity index is 2.03. The number of hydrogen-bond acceptors (Lipinski definition) is 2. The molecule has 1 saturated carbocycles. The monoisotopic (exact) mass is 266 g/mol. The van der Waals surface area contributed by atoms with Crippen molar-refractivity contribution in [3.05, 3.63) is 35.1 Å². The Morgan fingerprint density at radius 3 is 2.83 bits per heavy atom. The van der Waals surface area contributed by atoms with Crippen molar-refractivity contribution < 1.29 is 4.39 Å². The van der Waals surface area contributed by atoms with E-state index in [2.05, 4.69) is 4.90 Å². The normalized spacial score (nSPS) is 15.1. The summed E-state index contributed by atoms with van der Waals surface area (Å²) in [4.78, 5) is 2.91. The van der Waals surface area contributed by atoms with Gasteiger partial charge in [-0.1, -0.05) is 18.3 Å². The molecule has 2 nitrogen and oxygen atoms in total. The molecule has 0 amide bonds. The second-order valence-electron chi connectivity index (χ2n) is 4.99. The van der Waals surface area contributed by atoms with Crippen LogP contribution in [-0.4, -0.2) is 22.5 Å². The van der Waals surface area contributed by atoms with Gasteiger partial charge >= 0.3 is 0 Å². The summed E-state index contributed by atoms with van der Waals surface area (Å²) in [6.07, 6.45) is 3.19. The molecular weight excluding hydrogens is 247 g/mol. The smallest absolute Gasteiger partial charge is 0.123 e. The van der Waals surface area contributed by atoms with Crippen LogP contribution >= 0.6 is 12.2 Å². The number of benzene rings is 1. The molecule has 2 rings (SSSR count). The van der Waals surface area contributed by atoms with E-state index in [9.17, 15) is 4.39 Å². The number of nitrogens with zero attached hydrogens (tertiary/aromatic N) is 1. The largest absolute Gasteiger partial charge is 0.393 e. The van der Waals surface area contributed by atoms with Gasteiger partial charge in [-0.05, 0) is 43.0 Å². The van der Waals surface area contributed by atoms with Gasteiger partial charge in [-0.2, -0.15) is 0 Å². The fraction of sp³-hybridized carbons (Fsp3) is 0.500. The minimum absolute atomic E-state index is 0.166. The molecule has 0 radical (unpaired) electrons. The van der Waals surface area contributed by atoms with Gasteiger partial charge in [-0.25, -0.2) is 4.39 Å². The maximum absolute atomic E-state index is 13.3. The zero-order valence-electron chi connectivity index (χ0n) is 10.7. The van der Waals surface area contributed by atoms with Crippen LogP contribution in [0.25, 0.3) is 0 Å². The zero-order valence-corrected chi connectivity index (χ0v) is 11.5. The van der Waals surface area contributed by atoms with Crippen molar-refractivity contribution in [1.29, 1.82) is 0 Å². The molecule has 18 heavy (non-hydrogen) atoms. The molecule has 0 unspecified atom stereocenters. The Labute approximate surface area is 113 Å². The van der Waals surface area contributed by atoms with Crippen molar-refractivity contribution in [3.63, 3.8) is 0 Å². The van der Waals surface area contributed by atoms with E-state index < -0.39 is 0 Å². The van der Waals surface area contributed by atoms with Gasteiger partial charge in [0.25, 0.3) is 0 Å². The first kappa shape index (κ1) is 13.4. The van der Waals surface area contributed by atoms with Crippen LogP contribution in [0.5, 0.6) is 0 Å². The van der Waals surface area contributed by atoms with E-state index in [-0.39, 0.29) is 5.82 Å².